The van der Waals surface area contributed by atoms with Crippen molar-refractivity contribution in [2.45, 2.75) is 44.8 Å². The standard InChI is InChI=1S/C13H17F3N2/c1-2-11(7-9-3-4-9)18-12-6-5-10(8-17-12)13(14,15)16/h5-6,8-9,11H,2-4,7H2,1H3,(H,17,18). The van der Waals surface area contributed by atoms with E-state index in [1.54, 1.807) is 0 Å². The fourth-order valence-electron chi connectivity index (χ4n) is 1.94. The molecule has 1 unspecified atom stereocenters. The van der Waals surface area contributed by atoms with Crippen LogP contribution in [0.1, 0.15) is 38.2 Å². The van der Waals surface area contributed by atoms with Crippen LogP contribution in [0, 0.1) is 5.92 Å². The molecule has 0 aromatic carbocycles. The quantitative estimate of drug-likeness (QED) is 0.860. The maximum atomic E-state index is 12.4. The molecule has 0 aliphatic heterocycles. The third-order valence-corrected chi connectivity index (χ3v) is 3.25. The number of anilines is 1. The zero-order valence-electron chi connectivity index (χ0n) is 10.3. The van der Waals surface area contributed by atoms with E-state index in [4.69, 9.17) is 0 Å². The summed E-state index contributed by atoms with van der Waals surface area (Å²) in [5.74, 6) is 1.31. The first kappa shape index (κ1) is 13.2. The largest absolute Gasteiger partial charge is 0.417 e. The lowest BCUT2D eigenvalue weighted by molar-refractivity contribution is -0.137. The number of nitrogens with zero attached hydrogens (tertiary/aromatic N) is 1. The van der Waals surface area contributed by atoms with E-state index >= 15 is 0 Å². The first-order valence-corrected chi connectivity index (χ1v) is 6.29. The van der Waals surface area contributed by atoms with E-state index in [-0.39, 0.29) is 0 Å². The number of rotatable bonds is 5. The van der Waals surface area contributed by atoms with Crippen molar-refractivity contribution in [3.05, 3.63) is 23.9 Å². The molecular formula is C13H17F3N2. The van der Waals surface area contributed by atoms with E-state index in [1.807, 2.05) is 0 Å². The van der Waals surface area contributed by atoms with E-state index in [1.165, 1.54) is 18.9 Å². The van der Waals surface area contributed by atoms with Gasteiger partial charge in [0.05, 0.1) is 5.56 Å². The van der Waals surface area contributed by atoms with Gasteiger partial charge in [0.1, 0.15) is 5.82 Å². The Hall–Kier alpha value is -1.26. The molecule has 0 radical (unpaired) electrons. The van der Waals surface area contributed by atoms with Gasteiger partial charge in [-0.15, -0.1) is 0 Å². The highest BCUT2D eigenvalue weighted by molar-refractivity contribution is 5.37. The third kappa shape index (κ3) is 3.62. The number of hydrogen-bond acceptors (Lipinski definition) is 2. The number of alkyl halides is 3. The molecule has 0 bridgehead atoms. The van der Waals surface area contributed by atoms with Crippen molar-refractivity contribution < 1.29 is 13.2 Å². The third-order valence-electron chi connectivity index (χ3n) is 3.25. The van der Waals surface area contributed by atoms with Crippen molar-refractivity contribution in [2.75, 3.05) is 5.32 Å². The fraction of sp³-hybridized carbons (Fsp3) is 0.615. The minimum atomic E-state index is -4.32. The molecule has 1 saturated carbocycles. The van der Waals surface area contributed by atoms with Crippen LogP contribution < -0.4 is 5.32 Å². The SMILES string of the molecule is CCC(CC1CC1)Nc1ccc(C(F)(F)F)cn1. The Balaban J connectivity index is 1.95. The monoisotopic (exact) mass is 258 g/mol. The van der Waals surface area contributed by atoms with Gasteiger partial charge in [-0.1, -0.05) is 19.8 Å². The lowest BCUT2D eigenvalue weighted by Gasteiger charge is -2.17. The highest BCUT2D eigenvalue weighted by Crippen LogP contribution is 2.35. The van der Waals surface area contributed by atoms with Gasteiger partial charge in [0.25, 0.3) is 0 Å². The topological polar surface area (TPSA) is 24.9 Å². The molecular weight excluding hydrogens is 241 g/mol. The Morgan fingerprint density at radius 3 is 2.56 bits per heavy atom. The summed E-state index contributed by atoms with van der Waals surface area (Å²) < 4.78 is 37.1. The lowest BCUT2D eigenvalue weighted by atomic mass is 10.1. The van der Waals surface area contributed by atoms with Gasteiger partial charge >= 0.3 is 6.18 Å². The van der Waals surface area contributed by atoms with Crippen LogP contribution in [0.5, 0.6) is 0 Å². The number of halogens is 3. The van der Waals surface area contributed by atoms with E-state index < -0.39 is 11.7 Å². The molecule has 18 heavy (non-hydrogen) atoms. The highest BCUT2D eigenvalue weighted by atomic mass is 19.4. The van der Waals surface area contributed by atoms with Crippen molar-refractivity contribution in [2.24, 2.45) is 5.92 Å². The smallest absolute Gasteiger partial charge is 0.367 e. The van der Waals surface area contributed by atoms with Crippen LogP contribution in [0.15, 0.2) is 18.3 Å². The normalized spacial score (nSPS) is 17.6. The summed E-state index contributed by atoms with van der Waals surface area (Å²) in [4.78, 5) is 3.83. The van der Waals surface area contributed by atoms with E-state index in [0.29, 0.717) is 11.9 Å². The lowest BCUT2D eigenvalue weighted by Crippen LogP contribution is -2.20. The van der Waals surface area contributed by atoms with Gasteiger partial charge in [0.2, 0.25) is 0 Å². The Morgan fingerprint density at radius 1 is 1.39 bits per heavy atom. The summed E-state index contributed by atoms with van der Waals surface area (Å²) in [6.07, 6.45) is 1.16. The average molecular weight is 258 g/mol. The first-order chi connectivity index (χ1) is 8.49. The van der Waals surface area contributed by atoms with Gasteiger partial charge in [-0.3, -0.25) is 0 Å². The van der Waals surface area contributed by atoms with Crippen molar-refractivity contribution in [3.63, 3.8) is 0 Å². The Morgan fingerprint density at radius 2 is 2.11 bits per heavy atom. The molecule has 1 heterocycles. The zero-order valence-corrected chi connectivity index (χ0v) is 10.3. The van der Waals surface area contributed by atoms with Crippen LogP contribution in [0.25, 0.3) is 0 Å². The predicted octanol–water partition coefficient (Wildman–Crippen LogP) is 4.09. The van der Waals surface area contributed by atoms with Crippen LogP contribution in [0.3, 0.4) is 0 Å². The molecule has 0 amide bonds. The van der Waals surface area contributed by atoms with Gasteiger partial charge in [-0.2, -0.15) is 13.2 Å². The summed E-state index contributed by atoms with van der Waals surface area (Å²) in [7, 11) is 0. The molecule has 1 aromatic heterocycles. The Bertz CT molecular complexity index is 382. The van der Waals surface area contributed by atoms with Gasteiger partial charge in [0.15, 0.2) is 0 Å². The van der Waals surface area contributed by atoms with Crippen molar-refractivity contribution in [1.82, 2.24) is 4.98 Å². The van der Waals surface area contributed by atoms with Crippen molar-refractivity contribution in [3.8, 4) is 0 Å². The molecule has 2 rings (SSSR count). The van der Waals surface area contributed by atoms with Crippen LogP contribution in [0.2, 0.25) is 0 Å². The second-order valence-corrected chi connectivity index (χ2v) is 4.86. The van der Waals surface area contributed by atoms with Crippen LogP contribution in [0.4, 0.5) is 19.0 Å². The average Bonchev–Trinajstić information content (AvgIpc) is 3.11. The summed E-state index contributed by atoms with van der Waals surface area (Å²) in [6, 6.07) is 2.78. The molecule has 1 aliphatic rings. The molecule has 2 nitrogen and oxygen atoms in total. The highest BCUT2D eigenvalue weighted by Gasteiger charge is 2.30. The summed E-state index contributed by atoms with van der Waals surface area (Å²) in [5, 5.41) is 3.20. The van der Waals surface area contributed by atoms with E-state index in [9.17, 15) is 13.2 Å². The summed E-state index contributed by atoms with van der Waals surface area (Å²) in [6.45, 7) is 2.07. The molecule has 1 N–H and O–H groups in total. The molecule has 100 valence electrons. The van der Waals surface area contributed by atoms with Crippen molar-refractivity contribution in [1.29, 1.82) is 0 Å². The molecule has 1 fully saturated rings. The second kappa shape index (κ2) is 5.16. The molecule has 1 atom stereocenters. The molecule has 5 heteroatoms. The molecule has 1 aromatic rings. The number of pyridine rings is 1. The Labute approximate surface area is 105 Å². The molecule has 1 aliphatic carbocycles. The minimum Gasteiger partial charge on any atom is -0.367 e. The number of aromatic nitrogens is 1. The number of hydrogen-bond donors (Lipinski definition) is 1. The van der Waals surface area contributed by atoms with Gasteiger partial charge < -0.3 is 5.32 Å². The fourth-order valence-corrected chi connectivity index (χ4v) is 1.94. The zero-order chi connectivity index (χ0) is 13.2. The number of nitrogens with one attached hydrogen (secondary N) is 1. The first-order valence-electron chi connectivity index (χ1n) is 6.29. The summed E-state index contributed by atoms with van der Waals surface area (Å²) >= 11 is 0. The minimum absolute atomic E-state index is 0.307. The van der Waals surface area contributed by atoms with Crippen LogP contribution >= 0.6 is 0 Å². The van der Waals surface area contributed by atoms with Gasteiger partial charge in [-0.05, 0) is 30.9 Å². The van der Waals surface area contributed by atoms with Crippen molar-refractivity contribution >= 4 is 5.82 Å². The van der Waals surface area contributed by atoms with Crippen LogP contribution in [-0.4, -0.2) is 11.0 Å². The predicted molar refractivity (Wildman–Crippen MR) is 64.3 cm³/mol. The Kier molecular flexibility index (Phi) is 3.78. The summed E-state index contributed by atoms with van der Waals surface area (Å²) in [5.41, 5.74) is -0.705. The van der Waals surface area contributed by atoms with Crippen LogP contribution in [-0.2, 0) is 6.18 Å². The molecule has 0 saturated heterocycles. The maximum Gasteiger partial charge on any atom is 0.417 e. The molecule has 0 spiro atoms. The van der Waals surface area contributed by atoms with E-state index in [2.05, 4.69) is 17.2 Å². The second-order valence-electron chi connectivity index (χ2n) is 4.86. The van der Waals surface area contributed by atoms with Gasteiger partial charge in [-0.25, -0.2) is 4.98 Å². The van der Waals surface area contributed by atoms with Gasteiger partial charge in [0, 0.05) is 12.2 Å². The maximum absolute atomic E-state index is 12.4. The van der Waals surface area contributed by atoms with E-state index in [0.717, 1.165) is 31.0 Å².